The van der Waals surface area contributed by atoms with Gasteiger partial charge in [0.2, 0.25) is 0 Å². The third kappa shape index (κ3) is 2.80. The number of nitrogens with zero attached hydrogens (tertiary/aromatic N) is 1. The molecule has 0 aliphatic carbocycles. The molecule has 22 heavy (non-hydrogen) atoms. The fraction of sp³-hybridized carbons (Fsp3) is 0.188. The van der Waals surface area contributed by atoms with Gasteiger partial charge < -0.3 is 9.26 Å². The smallest absolute Gasteiger partial charge is 0.335 e. The predicted octanol–water partition coefficient (Wildman–Crippen LogP) is 3.28. The lowest BCUT2D eigenvalue weighted by Gasteiger charge is -2.00. The second kappa shape index (κ2) is 5.77. The van der Waals surface area contributed by atoms with Crippen molar-refractivity contribution in [3.63, 3.8) is 0 Å². The first-order valence-electron chi connectivity index (χ1n) is 6.68. The molecule has 0 radical (unpaired) electrons. The molecule has 3 rings (SSSR count). The van der Waals surface area contributed by atoms with Crippen molar-refractivity contribution in [1.29, 1.82) is 0 Å². The molecule has 0 spiro atoms. The zero-order chi connectivity index (χ0) is 15.7. The van der Waals surface area contributed by atoms with Crippen molar-refractivity contribution in [3.8, 4) is 11.3 Å². The number of aromatic nitrogens is 1. The average Bonchev–Trinajstić information content (AvgIpc) is 3.08. The van der Waals surface area contributed by atoms with Crippen LogP contribution in [0.5, 0.6) is 0 Å². The Morgan fingerprint density at radius 2 is 2.18 bits per heavy atom. The topological polar surface area (TPSA) is 69.4 Å². The van der Waals surface area contributed by atoms with Gasteiger partial charge in [0.05, 0.1) is 5.02 Å². The third-order valence-corrected chi connectivity index (χ3v) is 3.69. The van der Waals surface area contributed by atoms with Crippen LogP contribution in [0.1, 0.15) is 19.1 Å². The molecule has 6 heteroatoms. The molecule has 1 fully saturated rings. The quantitative estimate of drug-likeness (QED) is 0.642. The minimum absolute atomic E-state index is 0.175. The van der Waals surface area contributed by atoms with E-state index < -0.39 is 12.1 Å². The number of carbonyl (C=O) groups excluding carboxylic acids is 2. The highest BCUT2D eigenvalue weighted by molar-refractivity contribution is 6.33. The Hall–Kier alpha value is -2.40. The van der Waals surface area contributed by atoms with E-state index in [-0.39, 0.29) is 12.2 Å². The fourth-order valence-electron chi connectivity index (χ4n) is 2.20. The van der Waals surface area contributed by atoms with Crippen molar-refractivity contribution in [2.24, 2.45) is 0 Å². The number of carbonyl (C=O) groups is 2. The van der Waals surface area contributed by atoms with Crippen LogP contribution < -0.4 is 0 Å². The van der Waals surface area contributed by atoms with Crippen molar-refractivity contribution in [2.75, 3.05) is 0 Å². The summed E-state index contributed by atoms with van der Waals surface area (Å²) >= 11 is 6.11. The first kappa shape index (κ1) is 14.5. The lowest BCUT2D eigenvalue weighted by molar-refractivity contribution is -0.144. The Kier molecular flexibility index (Phi) is 3.81. The molecule has 0 bridgehead atoms. The number of Topliss-reactive ketones (excluding diaryl/α,β-unsaturated/α-hetero) is 1. The highest BCUT2D eigenvalue weighted by Gasteiger charge is 2.32. The molecule has 2 aromatic rings. The largest absolute Gasteiger partial charge is 0.451 e. The zero-order valence-electron chi connectivity index (χ0n) is 11.7. The van der Waals surface area contributed by atoms with E-state index in [0.717, 1.165) is 5.56 Å². The summed E-state index contributed by atoms with van der Waals surface area (Å²) < 4.78 is 10.2. The van der Waals surface area contributed by atoms with E-state index in [4.69, 9.17) is 20.9 Å². The molecule has 0 N–H and O–H groups in total. The molecule has 0 amide bonds. The summed E-state index contributed by atoms with van der Waals surface area (Å²) in [6, 6.07) is 8.94. The van der Waals surface area contributed by atoms with E-state index in [0.29, 0.717) is 22.0 Å². The normalized spacial score (nSPS) is 19.5. The monoisotopic (exact) mass is 317 g/mol. The van der Waals surface area contributed by atoms with Gasteiger partial charge in [-0.15, -0.1) is 0 Å². The zero-order valence-corrected chi connectivity index (χ0v) is 12.5. The molecule has 2 heterocycles. The number of rotatable bonds is 3. The summed E-state index contributed by atoms with van der Waals surface area (Å²) in [4.78, 5) is 23.0. The molecule has 1 aliphatic heterocycles. The Balaban J connectivity index is 1.86. The number of hydrogen-bond donors (Lipinski definition) is 0. The minimum atomic E-state index is -0.704. The van der Waals surface area contributed by atoms with Gasteiger partial charge in [0, 0.05) is 23.6 Å². The van der Waals surface area contributed by atoms with Gasteiger partial charge in [-0.05, 0) is 19.1 Å². The third-order valence-electron chi connectivity index (χ3n) is 3.36. The second-order valence-electron chi connectivity index (χ2n) is 4.97. The maximum atomic E-state index is 11.7. The summed E-state index contributed by atoms with van der Waals surface area (Å²) in [6.45, 7) is 1.39. The Morgan fingerprint density at radius 3 is 2.86 bits per heavy atom. The van der Waals surface area contributed by atoms with Crippen LogP contribution in [-0.2, 0) is 14.3 Å². The van der Waals surface area contributed by atoms with Crippen molar-refractivity contribution in [2.45, 2.75) is 19.4 Å². The number of cyclic esters (lactones) is 1. The number of ether oxygens (including phenoxy) is 1. The number of benzene rings is 1. The molecular weight excluding hydrogens is 306 g/mol. The number of ketones is 1. The van der Waals surface area contributed by atoms with Gasteiger partial charge in [0.1, 0.15) is 5.69 Å². The molecular formula is C16H12ClNO4. The van der Waals surface area contributed by atoms with Crippen molar-refractivity contribution >= 4 is 29.4 Å². The van der Waals surface area contributed by atoms with Crippen molar-refractivity contribution in [3.05, 3.63) is 46.7 Å². The van der Waals surface area contributed by atoms with Crippen LogP contribution in [0.3, 0.4) is 0 Å². The molecule has 1 aromatic carbocycles. The number of esters is 1. The summed E-state index contributed by atoms with van der Waals surface area (Å²) in [7, 11) is 0. The molecule has 1 unspecified atom stereocenters. The van der Waals surface area contributed by atoms with Crippen LogP contribution in [0, 0.1) is 0 Å². The lowest BCUT2D eigenvalue weighted by Crippen LogP contribution is -2.16. The average molecular weight is 318 g/mol. The van der Waals surface area contributed by atoms with Gasteiger partial charge in [-0.2, -0.15) is 0 Å². The maximum Gasteiger partial charge on any atom is 0.335 e. The molecule has 1 aromatic heterocycles. The standard InChI is InChI=1S/C16H12ClNO4/c1-9(19)15-7-10(16(20)21-15)6-11-8-14(18-22-11)12-4-2-3-5-13(12)17/h2-6,8,15H,7H2,1H3/b10-6+. The summed E-state index contributed by atoms with van der Waals surface area (Å²) in [5.74, 6) is -0.270. The first-order chi connectivity index (χ1) is 10.5. The Bertz CT molecular complexity index is 778. The second-order valence-corrected chi connectivity index (χ2v) is 5.38. The van der Waals surface area contributed by atoms with Gasteiger partial charge in [0.15, 0.2) is 17.6 Å². The van der Waals surface area contributed by atoms with E-state index in [1.54, 1.807) is 18.2 Å². The van der Waals surface area contributed by atoms with E-state index in [2.05, 4.69) is 5.16 Å². The van der Waals surface area contributed by atoms with E-state index in [1.807, 2.05) is 18.2 Å². The van der Waals surface area contributed by atoms with Gasteiger partial charge in [0.25, 0.3) is 0 Å². The van der Waals surface area contributed by atoms with Crippen LogP contribution in [0.2, 0.25) is 5.02 Å². The van der Waals surface area contributed by atoms with E-state index >= 15 is 0 Å². The molecule has 1 atom stereocenters. The van der Waals surface area contributed by atoms with Crippen LogP contribution in [0.4, 0.5) is 0 Å². The van der Waals surface area contributed by atoms with E-state index in [1.165, 1.54) is 6.92 Å². The van der Waals surface area contributed by atoms with Crippen LogP contribution in [0.15, 0.2) is 40.4 Å². The molecule has 1 saturated heterocycles. The Morgan fingerprint density at radius 1 is 1.41 bits per heavy atom. The van der Waals surface area contributed by atoms with Gasteiger partial charge in [-0.25, -0.2) is 4.79 Å². The predicted molar refractivity (Wildman–Crippen MR) is 80.1 cm³/mol. The van der Waals surface area contributed by atoms with Crippen molar-refractivity contribution in [1.82, 2.24) is 5.16 Å². The van der Waals surface area contributed by atoms with Crippen LogP contribution in [-0.4, -0.2) is 23.0 Å². The number of halogens is 1. The number of hydrogen-bond acceptors (Lipinski definition) is 5. The highest BCUT2D eigenvalue weighted by atomic mass is 35.5. The molecule has 112 valence electrons. The maximum absolute atomic E-state index is 11.7. The Labute approximate surface area is 131 Å². The van der Waals surface area contributed by atoms with Gasteiger partial charge >= 0.3 is 5.97 Å². The summed E-state index contributed by atoms with van der Waals surface area (Å²) in [6.07, 6.45) is 1.08. The molecule has 1 aliphatic rings. The summed E-state index contributed by atoms with van der Waals surface area (Å²) in [5, 5.41) is 4.51. The van der Waals surface area contributed by atoms with Crippen LogP contribution in [0.25, 0.3) is 17.3 Å². The van der Waals surface area contributed by atoms with Gasteiger partial charge in [-0.3, -0.25) is 4.79 Å². The molecule has 0 saturated carbocycles. The minimum Gasteiger partial charge on any atom is -0.451 e. The SMILES string of the molecule is CC(=O)C1C/C(=C\c2cc(-c3ccccc3Cl)no2)C(=O)O1. The first-order valence-corrected chi connectivity index (χ1v) is 7.06. The fourth-order valence-corrected chi connectivity index (χ4v) is 2.43. The van der Waals surface area contributed by atoms with Gasteiger partial charge in [-0.1, -0.05) is 35.0 Å². The lowest BCUT2D eigenvalue weighted by atomic mass is 10.1. The van der Waals surface area contributed by atoms with E-state index in [9.17, 15) is 9.59 Å². The highest BCUT2D eigenvalue weighted by Crippen LogP contribution is 2.29. The van der Waals surface area contributed by atoms with Crippen LogP contribution >= 0.6 is 11.6 Å². The van der Waals surface area contributed by atoms with Crippen molar-refractivity contribution < 1.29 is 18.8 Å². The summed E-state index contributed by atoms with van der Waals surface area (Å²) in [5.41, 5.74) is 1.71. The molecule has 5 nitrogen and oxygen atoms in total.